The number of Topliss-reactive ketones (excluding diaryl/α,β-unsaturated/α-hetero) is 1. The van der Waals surface area contributed by atoms with Crippen LogP contribution >= 0.6 is 0 Å². The van der Waals surface area contributed by atoms with Gasteiger partial charge in [-0.3, -0.25) is 14.4 Å². The molecule has 1 aliphatic rings. The van der Waals surface area contributed by atoms with Gasteiger partial charge in [-0.2, -0.15) is 0 Å². The van der Waals surface area contributed by atoms with Crippen molar-refractivity contribution >= 4 is 17.7 Å². The molecule has 1 amide bonds. The number of benzene rings is 2. The molecular weight excluding hydrogens is 444 g/mol. The summed E-state index contributed by atoms with van der Waals surface area (Å²) in [7, 11) is 0. The number of hydrogen-bond acceptors (Lipinski definition) is 6. The first-order valence-electron chi connectivity index (χ1n) is 12.4. The summed E-state index contributed by atoms with van der Waals surface area (Å²) in [4.78, 5) is 40.8. The second-order valence-electron chi connectivity index (χ2n) is 8.97. The van der Waals surface area contributed by atoms with Gasteiger partial charge in [-0.25, -0.2) is 0 Å². The van der Waals surface area contributed by atoms with E-state index in [-0.39, 0.29) is 30.7 Å². The summed E-state index contributed by atoms with van der Waals surface area (Å²) in [5.74, 6) is -1.66. The third-order valence-corrected chi connectivity index (χ3v) is 6.36. The summed E-state index contributed by atoms with van der Waals surface area (Å²) < 4.78 is 10.7. The van der Waals surface area contributed by atoms with Crippen LogP contribution in [0.25, 0.3) is 0 Å². The van der Waals surface area contributed by atoms with Crippen LogP contribution in [-0.4, -0.2) is 61.5 Å². The molecule has 3 unspecified atom stereocenters. The Morgan fingerprint density at radius 3 is 2.00 bits per heavy atom. The van der Waals surface area contributed by atoms with Crippen LogP contribution in [0.5, 0.6) is 0 Å². The van der Waals surface area contributed by atoms with E-state index in [4.69, 9.17) is 15.2 Å². The first kappa shape index (κ1) is 26.6. The lowest BCUT2D eigenvalue weighted by Crippen LogP contribution is -2.46. The number of hydrogen-bond donors (Lipinski definition) is 1. The van der Waals surface area contributed by atoms with Crippen LogP contribution in [0, 0.1) is 11.8 Å². The van der Waals surface area contributed by atoms with E-state index in [1.54, 1.807) is 11.8 Å². The van der Waals surface area contributed by atoms with Crippen LogP contribution in [-0.2, 0) is 36.7 Å². The Bertz CT molecular complexity index is 944. The molecule has 3 rings (SSSR count). The molecule has 1 saturated heterocycles. The Hall–Kier alpha value is -3.03. The fraction of sp³-hybridized carbons (Fsp3) is 0.464. The molecule has 0 aliphatic carbocycles. The number of amides is 1. The number of carbonyl (C=O) groups excluding carboxylic acids is 3. The van der Waals surface area contributed by atoms with Crippen LogP contribution < -0.4 is 5.73 Å². The summed E-state index contributed by atoms with van der Waals surface area (Å²) >= 11 is 0. The molecule has 2 aromatic carbocycles. The first-order valence-corrected chi connectivity index (χ1v) is 12.4. The van der Waals surface area contributed by atoms with Gasteiger partial charge in [0, 0.05) is 25.4 Å². The first-order chi connectivity index (χ1) is 17.0. The van der Waals surface area contributed by atoms with E-state index < -0.39 is 17.9 Å². The van der Waals surface area contributed by atoms with Gasteiger partial charge in [-0.1, -0.05) is 60.7 Å². The van der Waals surface area contributed by atoms with Crippen molar-refractivity contribution in [1.82, 2.24) is 4.90 Å². The highest BCUT2D eigenvalue weighted by atomic mass is 16.5. The summed E-state index contributed by atoms with van der Waals surface area (Å²) in [5, 5.41) is 0. The second-order valence-corrected chi connectivity index (χ2v) is 8.97. The molecule has 0 bridgehead atoms. The minimum absolute atomic E-state index is 0.0487. The summed E-state index contributed by atoms with van der Waals surface area (Å²) in [6, 6.07) is 18.5. The molecule has 188 valence electrons. The average Bonchev–Trinajstić information content (AvgIpc) is 2.89. The third-order valence-electron chi connectivity index (χ3n) is 6.36. The van der Waals surface area contributed by atoms with Crippen molar-refractivity contribution in [3.05, 3.63) is 71.8 Å². The molecule has 0 spiro atoms. The normalized spacial score (nSPS) is 16.2. The quantitative estimate of drug-likeness (QED) is 0.469. The van der Waals surface area contributed by atoms with E-state index in [1.165, 1.54) is 0 Å². The maximum atomic E-state index is 13.6. The van der Waals surface area contributed by atoms with Gasteiger partial charge in [0.2, 0.25) is 5.91 Å². The Labute approximate surface area is 207 Å². The van der Waals surface area contributed by atoms with Gasteiger partial charge in [-0.05, 0) is 37.3 Å². The Morgan fingerprint density at radius 2 is 1.46 bits per heavy atom. The van der Waals surface area contributed by atoms with Crippen molar-refractivity contribution in [2.75, 3.05) is 32.9 Å². The van der Waals surface area contributed by atoms with Gasteiger partial charge >= 0.3 is 5.97 Å². The standard InChI is InChI=1S/C28H36N2O5/c1-2-35-28(33)24(18-22-11-7-4-8-12-22)19-23(17-21-9-5-3-6-10-21)27(32)25(29)20-26(31)30-13-15-34-16-14-30/h3-12,23-25H,2,13-20,29H2,1H3. The van der Waals surface area contributed by atoms with Crippen molar-refractivity contribution in [3.8, 4) is 0 Å². The molecule has 2 aromatic rings. The molecule has 0 radical (unpaired) electrons. The van der Waals surface area contributed by atoms with Gasteiger partial charge < -0.3 is 20.1 Å². The largest absolute Gasteiger partial charge is 0.466 e. The van der Waals surface area contributed by atoms with Gasteiger partial charge in [-0.15, -0.1) is 0 Å². The molecule has 1 heterocycles. The molecule has 0 saturated carbocycles. The highest BCUT2D eigenvalue weighted by Gasteiger charge is 2.33. The SMILES string of the molecule is CCOC(=O)C(Cc1ccccc1)CC(Cc1ccccc1)C(=O)C(N)CC(=O)N1CCOCC1. The number of ketones is 1. The van der Waals surface area contributed by atoms with E-state index >= 15 is 0 Å². The number of esters is 1. The van der Waals surface area contributed by atoms with Gasteiger partial charge in [0.15, 0.2) is 5.78 Å². The van der Waals surface area contributed by atoms with Crippen LogP contribution in [0.15, 0.2) is 60.7 Å². The molecule has 2 N–H and O–H groups in total. The molecule has 3 atom stereocenters. The lowest BCUT2D eigenvalue weighted by molar-refractivity contribution is -0.149. The number of ether oxygens (including phenoxy) is 2. The highest BCUT2D eigenvalue weighted by Crippen LogP contribution is 2.25. The maximum Gasteiger partial charge on any atom is 0.309 e. The summed E-state index contributed by atoms with van der Waals surface area (Å²) in [6.07, 6.45) is 1.18. The molecule has 7 nitrogen and oxygen atoms in total. The molecule has 0 aromatic heterocycles. The summed E-state index contributed by atoms with van der Waals surface area (Å²) in [5.41, 5.74) is 8.29. The third kappa shape index (κ3) is 8.30. The van der Waals surface area contributed by atoms with E-state index in [9.17, 15) is 14.4 Å². The predicted molar refractivity (Wildman–Crippen MR) is 134 cm³/mol. The number of nitrogens with zero attached hydrogens (tertiary/aromatic N) is 1. The zero-order valence-corrected chi connectivity index (χ0v) is 20.4. The molecule has 1 fully saturated rings. The monoisotopic (exact) mass is 480 g/mol. The van der Waals surface area contributed by atoms with Crippen molar-refractivity contribution < 1.29 is 23.9 Å². The summed E-state index contributed by atoms with van der Waals surface area (Å²) in [6.45, 7) is 4.05. The Kier molecular flexibility index (Phi) is 10.4. The van der Waals surface area contributed by atoms with Gasteiger partial charge in [0.1, 0.15) is 0 Å². The lowest BCUT2D eigenvalue weighted by atomic mass is 9.81. The zero-order chi connectivity index (χ0) is 25.0. The molecule has 7 heteroatoms. The highest BCUT2D eigenvalue weighted by molar-refractivity contribution is 5.91. The van der Waals surface area contributed by atoms with E-state index in [2.05, 4.69) is 0 Å². The zero-order valence-electron chi connectivity index (χ0n) is 20.4. The number of morpholine rings is 1. The van der Waals surface area contributed by atoms with Crippen LogP contribution in [0.4, 0.5) is 0 Å². The van der Waals surface area contributed by atoms with Crippen LogP contribution in [0.1, 0.15) is 30.9 Å². The van der Waals surface area contributed by atoms with Crippen LogP contribution in [0.3, 0.4) is 0 Å². The lowest BCUT2D eigenvalue weighted by Gasteiger charge is -2.29. The number of carbonyl (C=O) groups is 3. The van der Waals surface area contributed by atoms with E-state index in [0.717, 1.165) is 11.1 Å². The van der Waals surface area contributed by atoms with Gasteiger partial charge in [0.25, 0.3) is 0 Å². The predicted octanol–water partition coefficient (Wildman–Crippen LogP) is 2.80. The van der Waals surface area contributed by atoms with Crippen molar-refractivity contribution in [2.45, 2.75) is 38.6 Å². The molecule has 1 aliphatic heterocycles. The molecular formula is C28H36N2O5. The Morgan fingerprint density at radius 1 is 0.914 bits per heavy atom. The van der Waals surface area contributed by atoms with E-state index in [0.29, 0.717) is 45.6 Å². The number of nitrogens with two attached hydrogens (primary N) is 1. The number of rotatable bonds is 12. The Balaban J connectivity index is 1.77. The topological polar surface area (TPSA) is 98.9 Å². The van der Waals surface area contributed by atoms with Crippen molar-refractivity contribution in [3.63, 3.8) is 0 Å². The van der Waals surface area contributed by atoms with E-state index in [1.807, 2.05) is 60.7 Å². The smallest absolute Gasteiger partial charge is 0.309 e. The fourth-order valence-electron chi connectivity index (χ4n) is 4.50. The minimum Gasteiger partial charge on any atom is -0.466 e. The minimum atomic E-state index is -0.932. The second kappa shape index (κ2) is 13.8. The molecule has 35 heavy (non-hydrogen) atoms. The fourth-order valence-corrected chi connectivity index (χ4v) is 4.50. The van der Waals surface area contributed by atoms with Crippen molar-refractivity contribution in [2.24, 2.45) is 17.6 Å². The van der Waals surface area contributed by atoms with Crippen LogP contribution in [0.2, 0.25) is 0 Å². The van der Waals surface area contributed by atoms with Gasteiger partial charge in [0.05, 0.1) is 31.8 Å². The maximum absolute atomic E-state index is 13.6. The average molecular weight is 481 g/mol. The van der Waals surface area contributed by atoms with Crippen molar-refractivity contribution in [1.29, 1.82) is 0 Å².